The molecule has 1 N–H and O–H groups in total. The van der Waals surface area contributed by atoms with Crippen LogP contribution < -0.4 is 10.2 Å². The number of carbonyl (C=O) groups is 2. The third kappa shape index (κ3) is 4.38. The van der Waals surface area contributed by atoms with Crippen LogP contribution in [0.15, 0.2) is 60.8 Å². The molecule has 2 aliphatic rings. The maximum absolute atomic E-state index is 13.4. The average Bonchev–Trinajstić information content (AvgIpc) is 2.93. The lowest BCUT2D eigenvalue weighted by molar-refractivity contribution is 0.0608. The van der Waals surface area contributed by atoms with E-state index in [1.807, 2.05) is 54.6 Å². The van der Waals surface area contributed by atoms with Crippen molar-refractivity contribution in [3.05, 3.63) is 76.9 Å². The Bertz CT molecular complexity index is 1490. The number of hydrogen-bond donors (Lipinski definition) is 1. The van der Waals surface area contributed by atoms with Crippen molar-refractivity contribution in [3.63, 3.8) is 0 Å². The Kier molecular flexibility index (Phi) is 6.40. The van der Waals surface area contributed by atoms with E-state index in [0.717, 1.165) is 52.6 Å². The quantitative estimate of drug-likeness (QED) is 0.264. The first kappa shape index (κ1) is 23.7. The molecule has 6 rings (SSSR count). The number of unbranched alkanes of at least 4 members (excludes halogenated alkanes) is 1. The van der Waals surface area contributed by atoms with Crippen LogP contribution in [0.1, 0.15) is 33.6 Å². The zero-order chi connectivity index (χ0) is 25.4. The minimum Gasteiger partial charge on any atom is -0.384 e. The molecule has 8 heteroatoms. The van der Waals surface area contributed by atoms with E-state index in [0.29, 0.717) is 48.9 Å². The van der Waals surface area contributed by atoms with E-state index in [1.165, 1.54) is 4.90 Å². The molecule has 0 spiro atoms. The van der Waals surface area contributed by atoms with E-state index in [1.54, 1.807) is 6.20 Å². The standard InChI is InChI=1S/C29H27ClN4O3/c30-19-6-7-20-24(10-12-32-25(20)18-19)31-11-1-2-13-34-28(35)22-5-3-4-21-26(33-14-16-37-17-15-33)9-8-23(27(21)22)29(34)36/h3-10,12,18H,1-2,11,13-17H2,(H,31,32). The number of aromatic nitrogens is 1. The number of ether oxygens (including phenoxy) is 1. The SMILES string of the molecule is O=C1c2cccc3c(N4CCOCC4)ccc(c23)C(=O)N1CCCCNc1ccnc2cc(Cl)ccc12. The number of imide groups is 1. The van der Waals surface area contributed by atoms with E-state index in [4.69, 9.17) is 16.3 Å². The second kappa shape index (κ2) is 10.00. The van der Waals surface area contributed by atoms with Gasteiger partial charge in [0.2, 0.25) is 0 Å². The summed E-state index contributed by atoms with van der Waals surface area (Å²) in [5.41, 5.74) is 4.08. The zero-order valence-electron chi connectivity index (χ0n) is 20.4. The van der Waals surface area contributed by atoms with Gasteiger partial charge in [-0.25, -0.2) is 0 Å². The molecule has 3 heterocycles. The number of benzene rings is 3. The molecule has 37 heavy (non-hydrogen) atoms. The third-order valence-corrected chi connectivity index (χ3v) is 7.38. The fourth-order valence-corrected chi connectivity index (χ4v) is 5.47. The van der Waals surface area contributed by atoms with Gasteiger partial charge in [-0.3, -0.25) is 19.5 Å². The van der Waals surface area contributed by atoms with Gasteiger partial charge in [-0.2, -0.15) is 0 Å². The van der Waals surface area contributed by atoms with Gasteiger partial charge >= 0.3 is 0 Å². The fourth-order valence-electron chi connectivity index (χ4n) is 5.31. The van der Waals surface area contributed by atoms with Gasteiger partial charge in [-0.1, -0.05) is 23.7 Å². The van der Waals surface area contributed by atoms with Crippen molar-refractivity contribution in [1.29, 1.82) is 0 Å². The predicted molar refractivity (Wildman–Crippen MR) is 147 cm³/mol. The van der Waals surface area contributed by atoms with E-state index < -0.39 is 0 Å². The van der Waals surface area contributed by atoms with Gasteiger partial charge < -0.3 is 15.0 Å². The zero-order valence-corrected chi connectivity index (χ0v) is 21.1. The number of carbonyl (C=O) groups excluding carboxylic acids is 2. The summed E-state index contributed by atoms with van der Waals surface area (Å²) in [7, 11) is 0. The summed E-state index contributed by atoms with van der Waals surface area (Å²) in [5.74, 6) is -0.431. The van der Waals surface area contributed by atoms with Crippen LogP contribution in [0.4, 0.5) is 11.4 Å². The smallest absolute Gasteiger partial charge is 0.261 e. The first-order chi connectivity index (χ1) is 18.1. The van der Waals surface area contributed by atoms with E-state index in [2.05, 4.69) is 15.2 Å². The Hall–Kier alpha value is -3.68. The number of morpholine rings is 1. The number of halogens is 1. The summed E-state index contributed by atoms with van der Waals surface area (Å²) < 4.78 is 5.50. The van der Waals surface area contributed by atoms with E-state index >= 15 is 0 Å². The topological polar surface area (TPSA) is 74.8 Å². The molecule has 0 atom stereocenters. The van der Waals surface area contributed by atoms with Gasteiger partial charge in [0, 0.05) is 76.1 Å². The van der Waals surface area contributed by atoms with Crippen LogP contribution in [-0.4, -0.2) is 61.1 Å². The Balaban J connectivity index is 1.14. The highest BCUT2D eigenvalue weighted by molar-refractivity contribution is 6.31. The first-order valence-corrected chi connectivity index (χ1v) is 13.0. The van der Waals surface area contributed by atoms with Crippen molar-refractivity contribution >= 4 is 56.5 Å². The molecule has 3 aromatic carbocycles. The molecule has 1 aromatic heterocycles. The lowest BCUT2D eigenvalue weighted by atomic mass is 9.92. The molecule has 1 saturated heterocycles. The monoisotopic (exact) mass is 514 g/mol. The van der Waals surface area contributed by atoms with Gasteiger partial charge in [-0.05, 0) is 55.3 Å². The third-order valence-electron chi connectivity index (χ3n) is 7.15. The van der Waals surface area contributed by atoms with Crippen molar-refractivity contribution in [2.45, 2.75) is 12.8 Å². The van der Waals surface area contributed by atoms with E-state index in [-0.39, 0.29) is 11.8 Å². The van der Waals surface area contributed by atoms with Crippen LogP contribution in [0.2, 0.25) is 5.02 Å². The fraction of sp³-hybridized carbons (Fsp3) is 0.276. The molecular weight excluding hydrogens is 488 g/mol. The number of fused-ring (bicyclic) bond motifs is 1. The number of rotatable bonds is 7. The Morgan fingerprint density at radius 2 is 1.73 bits per heavy atom. The summed E-state index contributed by atoms with van der Waals surface area (Å²) in [6.07, 6.45) is 3.27. The van der Waals surface area contributed by atoms with Crippen LogP contribution in [0.25, 0.3) is 21.7 Å². The Labute approximate surface area is 220 Å². The molecule has 0 unspecified atom stereocenters. The molecule has 7 nitrogen and oxygen atoms in total. The molecule has 0 bridgehead atoms. The van der Waals surface area contributed by atoms with Gasteiger partial charge in [0.15, 0.2) is 0 Å². The molecule has 4 aromatic rings. The minimum atomic E-state index is -0.216. The summed E-state index contributed by atoms with van der Waals surface area (Å²) in [4.78, 5) is 34.8. The van der Waals surface area contributed by atoms with Crippen LogP contribution in [-0.2, 0) is 4.74 Å². The average molecular weight is 515 g/mol. The molecule has 2 amide bonds. The number of nitrogens with one attached hydrogen (secondary N) is 1. The normalized spacial score (nSPS) is 15.6. The summed E-state index contributed by atoms with van der Waals surface area (Å²) in [5, 5.41) is 6.84. The number of hydrogen-bond acceptors (Lipinski definition) is 6. The molecule has 0 saturated carbocycles. The highest BCUT2D eigenvalue weighted by atomic mass is 35.5. The lowest BCUT2D eigenvalue weighted by Gasteiger charge is -2.32. The van der Waals surface area contributed by atoms with Gasteiger partial charge in [-0.15, -0.1) is 0 Å². The van der Waals surface area contributed by atoms with E-state index in [9.17, 15) is 9.59 Å². The molecule has 2 aliphatic heterocycles. The van der Waals surface area contributed by atoms with Gasteiger partial charge in [0.05, 0.1) is 18.7 Å². The summed E-state index contributed by atoms with van der Waals surface area (Å²) in [6.45, 7) is 4.04. The number of nitrogens with zero attached hydrogens (tertiary/aromatic N) is 3. The molecule has 0 radical (unpaired) electrons. The van der Waals surface area contributed by atoms with Crippen LogP contribution in [0.5, 0.6) is 0 Å². The highest BCUT2D eigenvalue weighted by Crippen LogP contribution is 2.36. The number of pyridine rings is 1. The molecule has 0 aliphatic carbocycles. The predicted octanol–water partition coefficient (Wildman–Crippen LogP) is 5.37. The lowest BCUT2D eigenvalue weighted by Crippen LogP contribution is -2.41. The highest BCUT2D eigenvalue weighted by Gasteiger charge is 2.33. The van der Waals surface area contributed by atoms with Crippen molar-refractivity contribution in [1.82, 2.24) is 9.88 Å². The van der Waals surface area contributed by atoms with Gasteiger partial charge in [0.1, 0.15) is 0 Å². The van der Waals surface area contributed by atoms with Gasteiger partial charge in [0.25, 0.3) is 11.8 Å². The van der Waals surface area contributed by atoms with Crippen molar-refractivity contribution in [2.75, 3.05) is 49.6 Å². The maximum atomic E-state index is 13.4. The minimum absolute atomic E-state index is 0.216. The number of anilines is 2. The van der Waals surface area contributed by atoms with Crippen LogP contribution in [0, 0.1) is 0 Å². The molecule has 1 fully saturated rings. The largest absolute Gasteiger partial charge is 0.384 e. The summed E-state index contributed by atoms with van der Waals surface area (Å²) in [6, 6.07) is 17.2. The van der Waals surface area contributed by atoms with Crippen molar-refractivity contribution in [2.24, 2.45) is 0 Å². The molecule has 188 valence electrons. The first-order valence-electron chi connectivity index (χ1n) is 12.6. The van der Waals surface area contributed by atoms with Crippen LogP contribution >= 0.6 is 11.6 Å². The second-order valence-corrected chi connectivity index (χ2v) is 9.81. The van der Waals surface area contributed by atoms with Crippen molar-refractivity contribution in [3.8, 4) is 0 Å². The summed E-state index contributed by atoms with van der Waals surface area (Å²) >= 11 is 6.09. The Morgan fingerprint density at radius 1 is 0.919 bits per heavy atom. The Morgan fingerprint density at radius 3 is 2.57 bits per heavy atom. The van der Waals surface area contributed by atoms with Crippen LogP contribution in [0.3, 0.4) is 0 Å². The van der Waals surface area contributed by atoms with Crippen molar-refractivity contribution < 1.29 is 14.3 Å². The second-order valence-electron chi connectivity index (χ2n) is 9.38. The molecular formula is C29H27ClN4O3. The number of amides is 2. The maximum Gasteiger partial charge on any atom is 0.261 e.